The number of anilines is 1. The molecule has 0 bridgehead atoms. The second kappa shape index (κ2) is 9.02. The van der Waals surface area contributed by atoms with Gasteiger partial charge in [0.1, 0.15) is 35.8 Å². The van der Waals surface area contributed by atoms with Crippen molar-refractivity contribution in [2.24, 2.45) is 0 Å². The molecule has 2 aromatic heterocycles. The number of rotatable bonds is 6. The monoisotopic (exact) mass is 504 g/mol. The standard InChI is InChI=1S/C24H23ClF2N4O4/c25-14-7-17-23(31-24(29-17)35-19-10-34-20-18(32)9-33-21(19)20)30-22(14)28-8-13-15(26)5-12(6-16(13)27)11-3-1-2-4-11/h3,5-7,18-21,32H,1-2,4,8-10H2,(H2,28,29,30,31)/t18-,19-,20-,21-/m1/s1. The zero-order valence-corrected chi connectivity index (χ0v) is 19.3. The molecular formula is C24H23ClF2N4O4. The van der Waals surface area contributed by atoms with E-state index in [1.165, 1.54) is 12.1 Å². The molecule has 0 saturated carbocycles. The first-order valence-electron chi connectivity index (χ1n) is 11.5. The number of halogens is 3. The average molecular weight is 505 g/mol. The van der Waals surface area contributed by atoms with E-state index in [-0.39, 0.29) is 48.3 Å². The van der Waals surface area contributed by atoms with Crippen molar-refractivity contribution >= 4 is 34.2 Å². The molecule has 6 rings (SSSR count). The van der Waals surface area contributed by atoms with Crippen LogP contribution in [-0.4, -0.2) is 57.7 Å². The molecule has 4 heterocycles. The van der Waals surface area contributed by atoms with Gasteiger partial charge in [0.05, 0.1) is 23.8 Å². The Morgan fingerprint density at radius 1 is 1.14 bits per heavy atom. The fourth-order valence-electron chi connectivity index (χ4n) is 4.83. The molecule has 2 aliphatic heterocycles. The van der Waals surface area contributed by atoms with Gasteiger partial charge in [-0.25, -0.2) is 13.8 Å². The van der Waals surface area contributed by atoms with E-state index in [0.717, 1.165) is 24.8 Å². The third-order valence-electron chi connectivity index (χ3n) is 6.64. The molecular weight excluding hydrogens is 482 g/mol. The SMILES string of the molecule is O[C@@H]1CO[C@H]2[C@@H]1OC[C@H]2Oc1nc2nc(NCc3c(F)cc(C4=CCCC4)cc3F)c(Cl)cc2[nH]1. The molecule has 184 valence electrons. The van der Waals surface area contributed by atoms with Crippen LogP contribution in [0.5, 0.6) is 6.01 Å². The number of aromatic nitrogens is 3. The van der Waals surface area contributed by atoms with Gasteiger partial charge in [0, 0.05) is 12.1 Å². The van der Waals surface area contributed by atoms with E-state index in [2.05, 4.69) is 20.3 Å². The quantitative estimate of drug-likeness (QED) is 0.467. The molecule has 8 nitrogen and oxygen atoms in total. The molecule has 1 aliphatic carbocycles. The van der Waals surface area contributed by atoms with Gasteiger partial charge in [-0.05, 0) is 48.6 Å². The van der Waals surface area contributed by atoms with Crippen molar-refractivity contribution in [3.63, 3.8) is 0 Å². The number of hydrogen-bond acceptors (Lipinski definition) is 7. The van der Waals surface area contributed by atoms with Gasteiger partial charge in [-0.3, -0.25) is 0 Å². The van der Waals surface area contributed by atoms with Crippen molar-refractivity contribution < 1.29 is 28.1 Å². The predicted octanol–water partition coefficient (Wildman–Crippen LogP) is 3.97. The summed E-state index contributed by atoms with van der Waals surface area (Å²) in [5.74, 6) is -1.00. The summed E-state index contributed by atoms with van der Waals surface area (Å²) in [7, 11) is 0. The van der Waals surface area contributed by atoms with Crippen molar-refractivity contribution in [2.45, 2.75) is 50.2 Å². The fourth-order valence-corrected chi connectivity index (χ4v) is 5.04. The van der Waals surface area contributed by atoms with E-state index in [4.69, 9.17) is 25.8 Å². The average Bonchev–Trinajstić information content (AvgIpc) is 3.61. The Bertz CT molecular complexity index is 1290. The van der Waals surface area contributed by atoms with Crippen molar-refractivity contribution in [1.82, 2.24) is 15.0 Å². The Kier molecular flexibility index (Phi) is 5.84. The van der Waals surface area contributed by atoms with Gasteiger partial charge in [0.2, 0.25) is 0 Å². The maximum Gasteiger partial charge on any atom is 0.296 e. The van der Waals surface area contributed by atoms with Gasteiger partial charge in [-0.15, -0.1) is 0 Å². The van der Waals surface area contributed by atoms with Crippen LogP contribution in [0.4, 0.5) is 14.6 Å². The number of fused-ring (bicyclic) bond motifs is 2. The van der Waals surface area contributed by atoms with Crippen molar-refractivity contribution in [3.8, 4) is 6.01 Å². The molecule has 0 radical (unpaired) electrons. The third kappa shape index (κ3) is 4.24. The second-order valence-electron chi connectivity index (χ2n) is 8.95. The minimum absolute atomic E-state index is 0.0918. The number of nitrogens with one attached hydrogen (secondary N) is 2. The summed E-state index contributed by atoms with van der Waals surface area (Å²) in [5, 5.41) is 13.0. The summed E-state index contributed by atoms with van der Waals surface area (Å²) in [5.41, 5.74) is 2.32. The number of H-pyrrole nitrogens is 1. The molecule has 2 saturated heterocycles. The first kappa shape index (κ1) is 22.7. The normalized spacial score (nSPS) is 25.8. The van der Waals surface area contributed by atoms with Gasteiger partial charge >= 0.3 is 0 Å². The van der Waals surface area contributed by atoms with E-state index in [1.54, 1.807) is 6.07 Å². The van der Waals surface area contributed by atoms with Crippen LogP contribution in [0.15, 0.2) is 24.3 Å². The van der Waals surface area contributed by atoms with Gasteiger partial charge in [0.25, 0.3) is 6.01 Å². The maximum atomic E-state index is 14.7. The van der Waals surface area contributed by atoms with Gasteiger partial charge in [0.15, 0.2) is 11.8 Å². The van der Waals surface area contributed by atoms with Crippen LogP contribution in [0.3, 0.4) is 0 Å². The molecule has 3 N–H and O–H groups in total. The number of benzene rings is 1. The molecule has 35 heavy (non-hydrogen) atoms. The number of allylic oxidation sites excluding steroid dienone is 2. The number of aromatic amines is 1. The topological polar surface area (TPSA) is 102 Å². The van der Waals surface area contributed by atoms with Crippen LogP contribution in [0.25, 0.3) is 16.7 Å². The molecule has 1 aromatic carbocycles. The lowest BCUT2D eigenvalue weighted by Gasteiger charge is -2.15. The van der Waals surface area contributed by atoms with E-state index < -0.39 is 29.9 Å². The second-order valence-corrected chi connectivity index (χ2v) is 9.35. The van der Waals surface area contributed by atoms with Crippen molar-refractivity contribution in [3.05, 3.63) is 52.1 Å². The number of hydrogen-bond donors (Lipinski definition) is 3. The largest absolute Gasteiger partial charge is 0.456 e. The number of pyridine rings is 1. The lowest BCUT2D eigenvalue weighted by molar-refractivity contribution is 0.00706. The molecule has 4 atom stereocenters. The summed E-state index contributed by atoms with van der Waals surface area (Å²) >= 11 is 6.35. The lowest BCUT2D eigenvalue weighted by Crippen LogP contribution is -2.34. The Balaban J connectivity index is 1.17. The van der Waals surface area contributed by atoms with Crippen LogP contribution in [0.1, 0.15) is 30.4 Å². The number of imidazole rings is 1. The summed E-state index contributed by atoms with van der Waals surface area (Å²) in [6.45, 7) is 0.325. The number of ether oxygens (including phenoxy) is 3. The van der Waals surface area contributed by atoms with E-state index >= 15 is 0 Å². The van der Waals surface area contributed by atoms with Gasteiger partial charge in [-0.1, -0.05) is 17.7 Å². The Morgan fingerprint density at radius 2 is 1.94 bits per heavy atom. The van der Waals surface area contributed by atoms with E-state index in [0.29, 0.717) is 16.7 Å². The Hall–Kier alpha value is -2.79. The Morgan fingerprint density at radius 3 is 2.71 bits per heavy atom. The zero-order valence-electron chi connectivity index (χ0n) is 18.6. The number of nitrogens with zero attached hydrogens (tertiary/aromatic N) is 2. The predicted molar refractivity (Wildman–Crippen MR) is 124 cm³/mol. The van der Waals surface area contributed by atoms with Crippen LogP contribution in [0.2, 0.25) is 5.02 Å². The molecule has 11 heteroatoms. The van der Waals surface area contributed by atoms with Crippen molar-refractivity contribution in [1.29, 1.82) is 0 Å². The minimum Gasteiger partial charge on any atom is -0.456 e. The highest BCUT2D eigenvalue weighted by Gasteiger charge is 2.48. The highest BCUT2D eigenvalue weighted by molar-refractivity contribution is 6.33. The molecule has 3 aliphatic rings. The molecule has 3 aromatic rings. The van der Waals surface area contributed by atoms with Crippen LogP contribution in [-0.2, 0) is 16.0 Å². The maximum absolute atomic E-state index is 14.7. The van der Waals surface area contributed by atoms with Crippen LogP contribution in [0, 0.1) is 11.6 Å². The molecule has 2 fully saturated rings. The lowest BCUT2D eigenvalue weighted by atomic mass is 10.0. The van der Waals surface area contributed by atoms with Gasteiger partial charge < -0.3 is 29.6 Å². The zero-order chi connectivity index (χ0) is 24.1. The summed E-state index contributed by atoms with van der Waals surface area (Å²) < 4.78 is 46.4. The van der Waals surface area contributed by atoms with Crippen LogP contribution >= 0.6 is 11.6 Å². The summed E-state index contributed by atoms with van der Waals surface area (Å²) in [6.07, 6.45) is 2.88. The molecule has 0 unspecified atom stereocenters. The first-order valence-corrected chi connectivity index (χ1v) is 11.9. The van der Waals surface area contributed by atoms with E-state index in [1.807, 2.05) is 6.08 Å². The third-order valence-corrected chi connectivity index (χ3v) is 6.92. The highest BCUT2D eigenvalue weighted by Crippen LogP contribution is 2.32. The highest BCUT2D eigenvalue weighted by atomic mass is 35.5. The summed E-state index contributed by atoms with van der Waals surface area (Å²) in [4.78, 5) is 11.7. The Labute approximate surface area is 204 Å². The van der Waals surface area contributed by atoms with E-state index in [9.17, 15) is 13.9 Å². The first-order chi connectivity index (χ1) is 17.0. The number of aliphatic hydroxyl groups excluding tert-OH is 1. The number of aliphatic hydroxyl groups is 1. The fraction of sp³-hybridized carbons (Fsp3) is 0.417. The summed E-state index contributed by atoms with van der Waals surface area (Å²) in [6, 6.07) is 4.56. The van der Waals surface area contributed by atoms with Crippen molar-refractivity contribution in [2.75, 3.05) is 18.5 Å². The molecule has 0 amide bonds. The molecule has 0 spiro atoms. The smallest absolute Gasteiger partial charge is 0.296 e. The van der Waals surface area contributed by atoms with Crippen LogP contribution < -0.4 is 10.1 Å². The van der Waals surface area contributed by atoms with Gasteiger partial charge in [-0.2, -0.15) is 4.98 Å². The minimum atomic E-state index is -0.677.